The minimum Gasteiger partial charge on any atom is -0.507 e. The molecule has 1 heterocycles. The Balaban J connectivity index is 2.25. The zero-order valence-electron chi connectivity index (χ0n) is 11.2. The number of rotatable bonds is 3. The van der Waals surface area contributed by atoms with Gasteiger partial charge in [0.2, 0.25) is 0 Å². The fraction of sp³-hybridized carbons (Fsp3) is 0.429. The number of hydrogen-bond donors (Lipinski definition) is 2. The van der Waals surface area contributed by atoms with Crippen LogP contribution in [0, 0.1) is 6.92 Å². The van der Waals surface area contributed by atoms with Gasteiger partial charge >= 0.3 is 5.97 Å². The standard InChI is InChI=1S/C14H17NO4S/c1-9-2-3-12(16)11(6-9)14(19)15-4-5-20-8-10(15)7-13(17)18/h2-3,6,10,16H,4-5,7-8H2,1H3,(H,17,18). The van der Waals surface area contributed by atoms with Crippen LogP contribution in [0.4, 0.5) is 0 Å². The van der Waals surface area contributed by atoms with Crippen molar-refractivity contribution < 1.29 is 19.8 Å². The number of amides is 1. The van der Waals surface area contributed by atoms with Crippen LogP contribution in [-0.4, -0.2) is 51.1 Å². The Hall–Kier alpha value is -1.69. The molecular weight excluding hydrogens is 278 g/mol. The van der Waals surface area contributed by atoms with Gasteiger partial charge in [0.05, 0.1) is 18.0 Å². The van der Waals surface area contributed by atoms with Crippen LogP contribution in [0.3, 0.4) is 0 Å². The molecule has 1 aromatic carbocycles. The number of thioether (sulfide) groups is 1. The van der Waals surface area contributed by atoms with Crippen LogP contribution in [0.5, 0.6) is 5.75 Å². The van der Waals surface area contributed by atoms with Crippen molar-refractivity contribution in [2.24, 2.45) is 0 Å². The van der Waals surface area contributed by atoms with E-state index in [1.54, 1.807) is 28.8 Å². The van der Waals surface area contributed by atoms with Gasteiger partial charge in [0, 0.05) is 18.1 Å². The maximum Gasteiger partial charge on any atom is 0.305 e. The molecule has 0 bridgehead atoms. The van der Waals surface area contributed by atoms with Crippen LogP contribution < -0.4 is 0 Å². The van der Waals surface area contributed by atoms with Gasteiger partial charge in [-0.2, -0.15) is 11.8 Å². The number of carboxylic acids is 1. The number of carbonyl (C=O) groups is 2. The Morgan fingerprint density at radius 2 is 2.20 bits per heavy atom. The van der Waals surface area contributed by atoms with Crippen molar-refractivity contribution in [3.8, 4) is 5.75 Å². The molecule has 108 valence electrons. The molecule has 0 aliphatic carbocycles. The Labute approximate surface area is 121 Å². The second-order valence-corrected chi connectivity index (χ2v) is 6.00. The lowest BCUT2D eigenvalue weighted by atomic mass is 10.1. The fourth-order valence-electron chi connectivity index (χ4n) is 2.27. The van der Waals surface area contributed by atoms with Gasteiger partial charge in [0.1, 0.15) is 5.75 Å². The molecule has 1 fully saturated rings. The summed E-state index contributed by atoms with van der Waals surface area (Å²) in [6, 6.07) is 4.54. The number of aliphatic carboxylic acids is 1. The van der Waals surface area contributed by atoms with E-state index >= 15 is 0 Å². The Morgan fingerprint density at radius 3 is 2.90 bits per heavy atom. The maximum atomic E-state index is 12.5. The maximum absolute atomic E-state index is 12.5. The highest BCUT2D eigenvalue weighted by Crippen LogP contribution is 2.25. The number of aromatic hydroxyl groups is 1. The van der Waals surface area contributed by atoms with E-state index in [1.807, 2.05) is 6.92 Å². The van der Waals surface area contributed by atoms with Crippen molar-refractivity contribution in [3.63, 3.8) is 0 Å². The average molecular weight is 295 g/mol. The minimum absolute atomic E-state index is 0.0621. The number of carbonyl (C=O) groups excluding carboxylic acids is 1. The molecule has 2 rings (SSSR count). The molecule has 0 aromatic heterocycles. The van der Waals surface area contributed by atoms with Gasteiger partial charge in [0.15, 0.2) is 0 Å². The summed E-state index contributed by atoms with van der Waals surface area (Å²) >= 11 is 1.65. The first-order chi connectivity index (χ1) is 9.49. The van der Waals surface area contributed by atoms with Crippen molar-refractivity contribution in [1.82, 2.24) is 4.90 Å². The molecular formula is C14H17NO4S. The van der Waals surface area contributed by atoms with Crippen molar-refractivity contribution >= 4 is 23.6 Å². The molecule has 1 unspecified atom stereocenters. The van der Waals surface area contributed by atoms with Gasteiger partial charge in [-0.15, -0.1) is 0 Å². The summed E-state index contributed by atoms with van der Waals surface area (Å²) in [5, 5.41) is 18.8. The summed E-state index contributed by atoms with van der Waals surface area (Å²) in [4.78, 5) is 25.0. The van der Waals surface area contributed by atoms with E-state index in [9.17, 15) is 14.7 Å². The van der Waals surface area contributed by atoms with Crippen LogP contribution in [-0.2, 0) is 4.79 Å². The first kappa shape index (κ1) is 14.7. The van der Waals surface area contributed by atoms with Crippen molar-refractivity contribution in [2.45, 2.75) is 19.4 Å². The Kier molecular flexibility index (Phi) is 4.54. The van der Waals surface area contributed by atoms with Crippen LogP contribution in [0.25, 0.3) is 0 Å². The second-order valence-electron chi connectivity index (χ2n) is 4.85. The van der Waals surface area contributed by atoms with Gasteiger partial charge in [-0.3, -0.25) is 9.59 Å². The molecule has 5 nitrogen and oxygen atoms in total. The number of benzene rings is 1. The number of hydrogen-bond acceptors (Lipinski definition) is 4. The van der Waals surface area contributed by atoms with Gasteiger partial charge in [-0.1, -0.05) is 11.6 Å². The number of phenolic OH excluding ortho intramolecular Hbond substituents is 1. The van der Waals surface area contributed by atoms with E-state index in [2.05, 4.69) is 0 Å². The average Bonchev–Trinajstić information content (AvgIpc) is 2.41. The van der Waals surface area contributed by atoms with Gasteiger partial charge < -0.3 is 15.1 Å². The van der Waals surface area contributed by atoms with E-state index in [-0.39, 0.29) is 29.7 Å². The zero-order valence-corrected chi connectivity index (χ0v) is 12.0. The fourth-order valence-corrected chi connectivity index (χ4v) is 3.33. The molecule has 1 amide bonds. The van der Waals surface area contributed by atoms with Gasteiger partial charge in [-0.25, -0.2) is 0 Å². The molecule has 0 spiro atoms. The number of aryl methyl sites for hydroxylation is 1. The van der Waals surface area contributed by atoms with Gasteiger partial charge in [0.25, 0.3) is 5.91 Å². The third kappa shape index (κ3) is 3.25. The van der Waals surface area contributed by atoms with Crippen LogP contribution in [0.15, 0.2) is 18.2 Å². The Bertz CT molecular complexity index is 532. The summed E-state index contributed by atoms with van der Waals surface area (Å²) < 4.78 is 0. The topological polar surface area (TPSA) is 77.8 Å². The molecule has 1 atom stereocenters. The lowest BCUT2D eigenvalue weighted by molar-refractivity contribution is -0.138. The molecule has 20 heavy (non-hydrogen) atoms. The lowest BCUT2D eigenvalue weighted by Crippen LogP contribution is -2.47. The molecule has 0 saturated carbocycles. The summed E-state index contributed by atoms with van der Waals surface area (Å²) in [5.74, 6) is 0.133. The normalized spacial score (nSPS) is 18.9. The molecule has 1 aliphatic heterocycles. The number of phenols is 1. The van der Waals surface area contributed by atoms with Crippen molar-refractivity contribution in [1.29, 1.82) is 0 Å². The number of carboxylic acid groups (broad SMARTS) is 1. The predicted octanol–water partition coefficient (Wildman–Crippen LogP) is 1.73. The highest BCUT2D eigenvalue weighted by atomic mass is 32.2. The second kappa shape index (κ2) is 6.17. The van der Waals surface area contributed by atoms with Gasteiger partial charge in [-0.05, 0) is 19.1 Å². The van der Waals surface area contributed by atoms with Crippen LogP contribution >= 0.6 is 11.8 Å². The summed E-state index contributed by atoms with van der Waals surface area (Å²) in [6.45, 7) is 2.35. The lowest BCUT2D eigenvalue weighted by Gasteiger charge is -2.34. The molecule has 1 aliphatic rings. The van der Waals surface area contributed by atoms with Crippen LogP contribution in [0.2, 0.25) is 0 Å². The van der Waals surface area contributed by atoms with Crippen molar-refractivity contribution in [3.05, 3.63) is 29.3 Å². The first-order valence-corrected chi connectivity index (χ1v) is 7.54. The van der Waals surface area contributed by atoms with E-state index in [1.165, 1.54) is 6.07 Å². The van der Waals surface area contributed by atoms with E-state index in [0.717, 1.165) is 11.3 Å². The largest absolute Gasteiger partial charge is 0.507 e. The number of nitrogens with zero attached hydrogens (tertiary/aromatic N) is 1. The highest BCUT2D eigenvalue weighted by Gasteiger charge is 2.30. The smallest absolute Gasteiger partial charge is 0.305 e. The quantitative estimate of drug-likeness (QED) is 0.888. The third-order valence-electron chi connectivity index (χ3n) is 3.28. The molecule has 1 saturated heterocycles. The molecule has 2 N–H and O–H groups in total. The SMILES string of the molecule is Cc1ccc(O)c(C(=O)N2CCSCC2CC(=O)O)c1. The molecule has 6 heteroatoms. The van der Waals surface area contributed by atoms with E-state index in [4.69, 9.17) is 5.11 Å². The van der Waals surface area contributed by atoms with Crippen LogP contribution in [0.1, 0.15) is 22.3 Å². The summed E-state index contributed by atoms with van der Waals surface area (Å²) in [6.07, 6.45) is -0.0642. The summed E-state index contributed by atoms with van der Waals surface area (Å²) in [5.41, 5.74) is 1.12. The predicted molar refractivity (Wildman–Crippen MR) is 77.2 cm³/mol. The molecule has 1 aromatic rings. The monoisotopic (exact) mass is 295 g/mol. The molecule has 0 radical (unpaired) electrons. The zero-order chi connectivity index (χ0) is 14.7. The first-order valence-electron chi connectivity index (χ1n) is 6.39. The van der Waals surface area contributed by atoms with E-state index < -0.39 is 5.97 Å². The Morgan fingerprint density at radius 1 is 1.45 bits per heavy atom. The van der Waals surface area contributed by atoms with E-state index in [0.29, 0.717) is 12.3 Å². The van der Waals surface area contributed by atoms with Crippen molar-refractivity contribution in [2.75, 3.05) is 18.1 Å². The summed E-state index contributed by atoms with van der Waals surface area (Å²) in [7, 11) is 0. The minimum atomic E-state index is -0.913. The third-order valence-corrected chi connectivity index (χ3v) is 4.37. The highest BCUT2D eigenvalue weighted by molar-refractivity contribution is 7.99.